The molecule has 2 N–H and O–H groups in total. The standard InChI is InChI=1S/C14H10Cl2N2O3/c15-11-5-10(7-17-12(11)16)13(19)18-6-8-2-1-3-9(4-8)14(20)21/h1-5,7H,6H2,(H,18,19)(H,20,21). The van der Waals surface area contributed by atoms with Crippen molar-refractivity contribution in [3.63, 3.8) is 0 Å². The summed E-state index contributed by atoms with van der Waals surface area (Å²) in [7, 11) is 0. The molecule has 0 saturated heterocycles. The number of pyridine rings is 1. The summed E-state index contributed by atoms with van der Waals surface area (Å²) in [5, 5.41) is 11.9. The van der Waals surface area contributed by atoms with Crippen LogP contribution in [-0.2, 0) is 6.54 Å². The highest BCUT2D eigenvalue weighted by molar-refractivity contribution is 6.41. The second-order valence-corrected chi connectivity index (χ2v) is 4.95. The lowest BCUT2D eigenvalue weighted by Gasteiger charge is -2.06. The van der Waals surface area contributed by atoms with Crippen molar-refractivity contribution in [1.29, 1.82) is 0 Å². The number of carboxylic acid groups (broad SMARTS) is 1. The van der Waals surface area contributed by atoms with Crippen molar-refractivity contribution in [3.05, 3.63) is 63.4 Å². The van der Waals surface area contributed by atoms with Crippen LogP contribution in [-0.4, -0.2) is 22.0 Å². The highest BCUT2D eigenvalue weighted by Gasteiger charge is 2.09. The Morgan fingerprint density at radius 2 is 1.95 bits per heavy atom. The maximum Gasteiger partial charge on any atom is 0.335 e. The third-order valence-electron chi connectivity index (χ3n) is 2.69. The van der Waals surface area contributed by atoms with Crippen LogP contribution in [0.2, 0.25) is 10.2 Å². The van der Waals surface area contributed by atoms with Gasteiger partial charge in [-0.3, -0.25) is 4.79 Å². The van der Waals surface area contributed by atoms with Crippen LogP contribution < -0.4 is 5.32 Å². The van der Waals surface area contributed by atoms with Gasteiger partial charge >= 0.3 is 5.97 Å². The lowest BCUT2D eigenvalue weighted by Crippen LogP contribution is -2.23. The van der Waals surface area contributed by atoms with Gasteiger partial charge in [0.2, 0.25) is 0 Å². The highest BCUT2D eigenvalue weighted by atomic mass is 35.5. The molecule has 108 valence electrons. The molecule has 0 atom stereocenters. The number of benzene rings is 1. The van der Waals surface area contributed by atoms with E-state index in [1.807, 2.05) is 0 Å². The first-order valence-electron chi connectivity index (χ1n) is 5.89. The number of nitrogens with one attached hydrogen (secondary N) is 1. The van der Waals surface area contributed by atoms with Crippen molar-refractivity contribution in [2.45, 2.75) is 6.54 Å². The minimum absolute atomic E-state index is 0.127. The normalized spacial score (nSPS) is 10.2. The molecule has 0 unspecified atom stereocenters. The zero-order valence-corrected chi connectivity index (χ0v) is 12.1. The van der Waals surface area contributed by atoms with Gasteiger partial charge in [-0.2, -0.15) is 0 Å². The number of nitrogens with zero attached hydrogens (tertiary/aromatic N) is 1. The van der Waals surface area contributed by atoms with Gasteiger partial charge in [0.25, 0.3) is 5.91 Å². The Bertz CT molecular complexity index is 704. The van der Waals surface area contributed by atoms with Crippen molar-refractivity contribution >= 4 is 35.1 Å². The Morgan fingerprint density at radius 1 is 1.19 bits per heavy atom. The zero-order valence-electron chi connectivity index (χ0n) is 10.6. The summed E-state index contributed by atoms with van der Waals surface area (Å²) in [5.41, 5.74) is 1.12. The van der Waals surface area contributed by atoms with E-state index in [-0.39, 0.29) is 33.8 Å². The van der Waals surface area contributed by atoms with Gasteiger partial charge in [-0.1, -0.05) is 35.3 Å². The first-order chi connectivity index (χ1) is 9.97. The van der Waals surface area contributed by atoms with Crippen LogP contribution in [0.4, 0.5) is 0 Å². The molecule has 0 saturated carbocycles. The number of aromatic nitrogens is 1. The second-order valence-electron chi connectivity index (χ2n) is 4.18. The predicted octanol–water partition coefficient (Wildman–Crippen LogP) is 3.02. The molecular weight excluding hydrogens is 315 g/mol. The SMILES string of the molecule is O=C(O)c1cccc(CNC(=O)c2cnc(Cl)c(Cl)c2)c1. The molecule has 2 rings (SSSR count). The van der Waals surface area contributed by atoms with Gasteiger partial charge in [-0.15, -0.1) is 0 Å². The molecule has 21 heavy (non-hydrogen) atoms. The molecule has 0 bridgehead atoms. The summed E-state index contributed by atoms with van der Waals surface area (Å²) in [5.74, 6) is -1.39. The number of hydrogen-bond donors (Lipinski definition) is 2. The minimum Gasteiger partial charge on any atom is -0.478 e. The lowest BCUT2D eigenvalue weighted by molar-refractivity contribution is 0.0696. The summed E-state index contributed by atoms with van der Waals surface area (Å²) in [6.07, 6.45) is 1.32. The molecule has 5 nitrogen and oxygen atoms in total. The number of carbonyl (C=O) groups is 2. The first kappa shape index (κ1) is 15.3. The van der Waals surface area contributed by atoms with Gasteiger partial charge in [0, 0.05) is 12.7 Å². The fraction of sp³-hybridized carbons (Fsp3) is 0.0714. The monoisotopic (exact) mass is 324 g/mol. The zero-order chi connectivity index (χ0) is 15.4. The molecule has 0 aliphatic carbocycles. The predicted molar refractivity (Wildman–Crippen MR) is 78.8 cm³/mol. The lowest BCUT2D eigenvalue weighted by atomic mass is 10.1. The van der Waals surface area contributed by atoms with Crippen LogP contribution in [0.3, 0.4) is 0 Å². The van der Waals surface area contributed by atoms with E-state index in [4.69, 9.17) is 28.3 Å². The van der Waals surface area contributed by atoms with Crippen LogP contribution in [0.5, 0.6) is 0 Å². The smallest absolute Gasteiger partial charge is 0.335 e. The fourth-order valence-electron chi connectivity index (χ4n) is 1.64. The second kappa shape index (κ2) is 6.56. The van der Waals surface area contributed by atoms with Crippen LogP contribution in [0, 0.1) is 0 Å². The van der Waals surface area contributed by atoms with Crippen LogP contribution >= 0.6 is 23.2 Å². The fourth-order valence-corrected chi connectivity index (χ4v) is 1.91. The molecule has 2 aromatic rings. The van der Waals surface area contributed by atoms with Crippen LogP contribution in [0.15, 0.2) is 36.5 Å². The number of halogens is 2. The van der Waals surface area contributed by atoms with Gasteiger partial charge in [0.1, 0.15) is 5.15 Å². The van der Waals surface area contributed by atoms with Crippen molar-refractivity contribution in [2.24, 2.45) is 0 Å². The Kier molecular flexibility index (Phi) is 4.77. The van der Waals surface area contributed by atoms with Gasteiger partial charge < -0.3 is 10.4 Å². The molecule has 1 aromatic heterocycles. The Labute approximate surface area is 130 Å². The van der Waals surface area contributed by atoms with Crippen molar-refractivity contribution in [2.75, 3.05) is 0 Å². The molecule has 7 heteroatoms. The molecule has 0 aliphatic heterocycles. The van der Waals surface area contributed by atoms with E-state index in [0.717, 1.165) is 0 Å². The maximum absolute atomic E-state index is 11.9. The molecule has 1 heterocycles. The van der Waals surface area contributed by atoms with Gasteiger partial charge in [-0.25, -0.2) is 9.78 Å². The van der Waals surface area contributed by atoms with E-state index in [1.165, 1.54) is 24.4 Å². The average Bonchev–Trinajstić information content (AvgIpc) is 2.48. The minimum atomic E-state index is -1.02. The average molecular weight is 325 g/mol. The molecule has 0 spiro atoms. The Morgan fingerprint density at radius 3 is 2.62 bits per heavy atom. The number of aromatic carboxylic acids is 1. The van der Waals surface area contributed by atoms with Crippen LogP contribution in [0.1, 0.15) is 26.3 Å². The van der Waals surface area contributed by atoms with Crippen molar-refractivity contribution in [1.82, 2.24) is 10.3 Å². The van der Waals surface area contributed by atoms with Crippen molar-refractivity contribution < 1.29 is 14.7 Å². The quantitative estimate of drug-likeness (QED) is 0.847. The summed E-state index contributed by atoms with van der Waals surface area (Å²) in [6, 6.07) is 7.73. The summed E-state index contributed by atoms with van der Waals surface area (Å²) >= 11 is 11.5. The number of hydrogen-bond acceptors (Lipinski definition) is 3. The van der Waals surface area contributed by atoms with Gasteiger partial charge in [0.15, 0.2) is 0 Å². The summed E-state index contributed by atoms with van der Waals surface area (Å²) < 4.78 is 0. The number of rotatable bonds is 4. The molecule has 1 aromatic carbocycles. The maximum atomic E-state index is 11.9. The number of amides is 1. The van der Waals surface area contributed by atoms with E-state index in [9.17, 15) is 9.59 Å². The van der Waals surface area contributed by atoms with Crippen molar-refractivity contribution in [3.8, 4) is 0 Å². The van der Waals surface area contributed by atoms with E-state index in [1.54, 1.807) is 12.1 Å². The number of carbonyl (C=O) groups excluding carboxylic acids is 1. The van der Waals surface area contributed by atoms with E-state index in [0.29, 0.717) is 5.56 Å². The largest absolute Gasteiger partial charge is 0.478 e. The highest BCUT2D eigenvalue weighted by Crippen LogP contribution is 2.19. The summed E-state index contributed by atoms with van der Waals surface area (Å²) in [6.45, 7) is 0.195. The molecule has 0 radical (unpaired) electrons. The third-order valence-corrected chi connectivity index (χ3v) is 3.37. The molecule has 1 amide bonds. The molecular formula is C14H10Cl2N2O3. The topological polar surface area (TPSA) is 79.3 Å². The van der Waals surface area contributed by atoms with Gasteiger partial charge in [-0.05, 0) is 23.8 Å². The Balaban J connectivity index is 2.05. The third kappa shape index (κ3) is 3.93. The van der Waals surface area contributed by atoms with Crippen LogP contribution in [0.25, 0.3) is 0 Å². The van der Waals surface area contributed by atoms with E-state index >= 15 is 0 Å². The van der Waals surface area contributed by atoms with E-state index < -0.39 is 5.97 Å². The van der Waals surface area contributed by atoms with E-state index in [2.05, 4.69) is 10.3 Å². The first-order valence-corrected chi connectivity index (χ1v) is 6.64. The number of carboxylic acids is 1. The summed E-state index contributed by atoms with van der Waals surface area (Å²) in [4.78, 5) is 26.6. The Hall–Kier alpha value is -2.11. The molecule has 0 fully saturated rings. The molecule has 0 aliphatic rings. The van der Waals surface area contributed by atoms with Gasteiger partial charge in [0.05, 0.1) is 16.1 Å².